The average Bonchev–Trinajstić information content (AvgIpc) is 2.59. The van der Waals surface area contributed by atoms with Gasteiger partial charge in [0.05, 0.1) is 0 Å². The number of benzene rings is 2. The number of hydrogen-bond acceptors (Lipinski definition) is 3. The van der Waals surface area contributed by atoms with Gasteiger partial charge >= 0.3 is 0 Å². The maximum atomic E-state index is 12.1. The van der Waals surface area contributed by atoms with E-state index in [1.54, 1.807) is 0 Å². The quantitative estimate of drug-likeness (QED) is 0.801. The molecule has 0 N–H and O–H groups in total. The molecule has 0 radical (unpaired) electrons. The van der Waals surface area contributed by atoms with Crippen molar-refractivity contribution in [2.75, 3.05) is 20.1 Å². The third-order valence-electron chi connectivity index (χ3n) is 4.28. The van der Waals surface area contributed by atoms with Gasteiger partial charge in [-0.05, 0) is 31.7 Å². The lowest BCUT2D eigenvalue weighted by atomic mass is 10.0. The van der Waals surface area contributed by atoms with Gasteiger partial charge in [0.15, 0.2) is 5.78 Å². The number of nitrogens with zero attached hydrogens (tertiary/aromatic N) is 1. The summed E-state index contributed by atoms with van der Waals surface area (Å²) in [5.41, 5.74) is 4.19. The monoisotopic (exact) mass is 321 g/mol. The van der Waals surface area contributed by atoms with Crippen molar-refractivity contribution in [1.82, 2.24) is 4.90 Å². The minimum Gasteiger partial charge on any atom is -0.488 e. The molecule has 3 heteroatoms. The fourth-order valence-electron chi connectivity index (χ4n) is 2.80. The second-order valence-electron chi connectivity index (χ2n) is 6.39. The van der Waals surface area contributed by atoms with Gasteiger partial charge in [0.25, 0.3) is 0 Å². The largest absolute Gasteiger partial charge is 0.488 e. The number of piperidine rings is 1. The van der Waals surface area contributed by atoms with Crippen molar-refractivity contribution in [3.8, 4) is 5.75 Å². The van der Waals surface area contributed by atoms with Gasteiger partial charge in [-0.1, -0.05) is 48.0 Å². The average molecular weight is 321 g/mol. The Labute approximate surface area is 143 Å². The number of Topliss-reactive ketones (excluding diaryl/α,β-unsaturated/α-hetero) is 1. The van der Waals surface area contributed by atoms with Crippen molar-refractivity contribution in [1.29, 1.82) is 0 Å². The third kappa shape index (κ3) is 4.12. The summed E-state index contributed by atoms with van der Waals surface area (Å²) in [5.74, 6) is 1.05. The van der Waals surface area contributed by atoms with Gasteiger partial charge in [-0.15, -0.1) is 0 Å². The van der Waals surface area contributed by atoms with Crippen LogP contribution in [0.15, 0.2) is 54.1 Å². The fourth-order valence-corrected chi connectivity index (χ4v) is 2.80. The van der Waals surface area contributed by atoms with Crippen LogP contribution in [0.2, 0.25) is 0 Å². The molecule has 0 amide bonds. The molecule has 0 aromatic heterocycles. The van der Waals surface area contributed by atoms with E-state index in [4.69, 9.17) is 4.74 Å². The molecule has 0 unspecified atom stereocenters. The Morgan fingerprint density at radius 1 is 1.12 bits per heavy atom. The number of hydrogen-bond donors (Lipinski definition) is 0. The summed E-state index contributed by atoms with van der Waals surface area (Å²) < 4.78 is 6.00. The number of carbonyl (C=O) groups excluding carboxylic acids is 1. The second-order valence-corrected chi connectivity index (χ2v) is 6.39. The van der Waals surface area contributed by atoms with E-state index in [0.29, 0.717) is 19.6 Å². The van der Waals surface area contributed by atoms with E-state index >= 15 is 0 Å². The molecule has 3 rings (SSSR count). The Bertz CT molecular complexity index is 747. The highest BCUT2D eigenvalue weighted by Crippen LogP contribution is 2.24. The molecule has 124 valence electrons. The first-order valence-corrected chi connectivity index (χ1v) is 8.31. The minimum absolute atomic E-state index is 0.237. The normalized spacial score (nSPS) is 17.2. The lowest BCUT2D eigenvalue weighted by molar-refractivity contribution is -0.117. The molecule has 0 aliphatic carbocycles. The Morgan fingerprint density at radius 2 is 1.88 bits per heavy atom. The van der Waals surface area contributed by atoms with E-state index < -0.39 is 0 Å². The number of para-hydroxylation sites is 1. The highest BCUT2D eigenvalue weighted by atomic mass is 16.5. The summed E-state index contributed by atoms with van der Waals surface area (Å²) in [6.07, 6.45) is 2.57. The molecule has 1 aliphatic heterocycles. The summed E-state index contributed by atoms with van der Waals surface area (Å²) in [4.78, 5) is 14.3. The van der Waals surface area contributed by atoms with Gasteiger partial charge < -0.3 is 9.64 Å². The van der Waals surface area contributed by atoms with E-state index in [1.165, 1.54) is 5.56 Å². The first kappa shape index (κ1) is 16.5. The minimum atomic E-state index is 0.237. The zero-order chi connectivity index (χ0) is 16.9. The molecule has 24 heavy (non-hydrogen) atoms. The number of aryl methyl sites for hydroxylation is 1. The molecule has 1 aliphatic rings. The van der Waals surface area contributed by atoms with Crippen LogP contribution in [-0.2, 0) is 11.4 Å². The van der Waals surface area contributed by atoms with Crippen LogP contribution in [0.5, 0.6) is 5.75 Å². The van der Waals surface area contributed by atoms with Crippen LogP contribution in [0, 0.1) is 6.92 Å². The predicted molar refractivity (Wildman–Crippen MR) is 97.1 cm³/mol. The van der Waals surface area contributed by atoms with Crippen molar-refractivity contribution < 1.29 is 9.53 Å². The lowest BCUT2D eigenvalue weighted by Gasteiger charge is -2.23. The van der Waals surface area contributed by atoms with Gasteiger partial charge in [-0.2, -0.15) is 0 Å². The zero-order valence-corrected chi connectivity index (χ0v) is 14.3. The molecule has 0 saturated carbocycles. The summed E-state index contributed by atoms with van der Waals surface area (Å²) in [7, 11) is 2.04. The van der Waals surface area contributed by atoms with Crippen molar-refractivity contribution in [3.05, 3.63) is 70.8 Å². The molecule has 2 aromatic carbocycles. The van der Waals surface area contributed by atoms with E-state index in [2.05, 4.69) is 36.1 Å². The third-order valence-corrected chi connectivity index (χ3v) is 4.28. The number of ether oxygens (including phenoxy) is 1. The molecule has 0 bridgehead atoms. The van der Waals surface area contributed by atoms with Crippen LogP contribution in [0.3, 0.4) is 0 Å². The van der Waals surface area contributed by atoms with Crippen LogP contribution in [-0.4, -0.2) is 30.8 Å². The van der Waals surface area contributed by atoms with Crippen molar-refractivity contribution in [3.63, 3.8) is 0 Å². The highest BCUT2D eigenvalue weighted by molar-refractivity contribution is 6.01. The number of rotatable bonds is 4. The molecular formula is C21H23NO2. The van der Waals surface area contributed by atoms with E-state index in [9.17, 15) is 4.79 Å². The Kier molecular flexibility index (Phi) is 5.11. The van der Waals surface area contributed by atoms with Crippen LogP contribution in [0.4, 0.5) is 0 Å². The van der Waals surface area contributed by atoms with Crippen molar-refractivity contribution >= 4 is 11.9 Å². The summed E-state index contributed by atoms with van der Waals surface area (Å²) in [5, 5.41) is 0. The topological polar surface area (TPSA) is 29.5 Å². The first-order valence-electron chi connectivity index (χ1n) is 8.31. The van der Waals surface area contributed by atoms with Crippen LogP contribution in [0.25, 0.3) is 6.08 Å². The molecular weight excluding hydrogens is 298 g/mol. The smallest absolute Gasteiger partial charge is 0.161 e. The number of carbonyl (C=O) groups is 1. The molecule has 0 atom stereocenters. The van der Waals surface area contributed by atoms with E-state index in [1.807, 2.05) is 37.4 Å². The molecule has 1 saturated heterocycles. The summed E-state index contributed by atoms with van der Waals surface area (Å²) in [6, 6.07) is 16.2. The molecule has 1 heterocycles. The van der Waals surface area contributed by atoms with Crippen LogP contribution < -0.4 is 4.74 Å². The van der Waals surface area contributed by atoms with Crippen LogP contribution >= 0.6 is 0 Å². The number of likely N-dealkylation sites (N-methyl/N-ethyl adjacent to an activating group) is 1. The molecule has 1 fully saturated rings. The Balaban J connectivity index is 1.77. The molecule has 2 aromatic rings. The maximum Gasteiger partial charge on any atom is 0.161 e. The lowest BCUT2D eigenvalue weighted by Crippen LogP contribution is -2.32. The molecule has 0 spiro atoms. The summed E-state index contributed by atoms with van der Waals surface area (Å²) in [6.45, 7) is 4.13. The first-order chi connectivity index (χ1) is 11.6. The van der Waals surface area contributed by atoms with Gasteiger partial charge in [0.2, 0.25) is 0 Å². The number of likely N-dealkylation sites (tertiary alicyclic amines) is 1. The van der Waals surface area contributed by atoms with Crippen molar-refractivity contribution in [2.45, 2.75) is 20.0 Å². The second kappa shape index (κ2) is 7.45. The maximum absolute atomic E-state index is 12.1. The van der Waals surface area contributed by atoms with Gasteiger partial charge in [-0.25, -0.2) is 0 Å². The molecule has 3 nitrogen and oxygen atoms in total. The summed E-state index contributed by atoms with van der Waals surface area (Å²) >= 11 is 0. The van der Waals surface area contributed by atoms with Crippen molar-refractivity contribution in [2.24, 2.45) is 0 Å². The predicted octanol–water partition coefficient (Wildman–Crippen LogP) is 3.86. The Morgan fingerprint density at radius 3 is 2.67 bits per heavy atom. The van der Waals surface area contributed by atoms with Gasteiger partial charge in [0.1, 0.15) is 12.4 Å². The van der Waals surface area contributed by atoms with E-state index in [0.717, 1.165) is 29.0 Å². The van der Waals surface area contributed by atoms with Gasteiger partial charge in [0, 0.05) is 30.6 Å². The van der Waals surface area contributed by atoms with Crippen LogP contribution in [0.1, 0.15) is 23.1 Å². The van der Waals surface area contributed by atoms with E-state index in [-0.39, 0.29) is 5.78 Å². The fraction of sp³-hybridized carbons (Fsp3) is 0.286. The highest BCUT2D eigenvalue weighted by Gasteiger charge is 2.19. The Hall–Kier alpha value is -2.39. The standard InChI is InChI=1S/C21H23NO2/c1-16-7-9-17(10-8-16)15-24-21-6-4-3-5-18(21)13-19-14-22(2)12-11-20(19)23/h3-10,13H,11-12,14-15H2,1-2H3/b19-13+. The number of ketones is 1. The SMILES string of the molecule is Cc1ccc(COc2ccccc2/C=C2\CN(C)CCC2=O)cc1. The van der Waals surface area contributed by atoms with Gasteiger partial charge in [-0.3, -0.25) is 4.79 Å². The zero-order valence-electron chi connectivity index (χ0n) is 14.3.